The largest absolute Gasteiger partial charge is 0.314 e. The average Bonchev–Trinajstić information content (AvgIpc) is 2.27. The fourth-order valence-electron chi connectivity index (χ4n) is 2.34. The lowest BCUT2D eigenvalue weighted by atomic mass is 9.76. The van der Waals surface area contributed by atoms with Crippen molar-refractivity contribution in [2.24, 2.45) is 0 Å². The number of halogens is 1. The van der Waals surface area contributed by atoms with Gasteiger partial charge in [-0.15, -0.1) is 11.8 Å². The maximum atomic E-state index is 13.6. The van der Waals surface area contributed by atoms with Gasteiger partial charge in [-0.05, 0) is 55.7 Å². The van der Waals surface area contributed by atoms with Crippen LogP contribution >= 0.6 is 11.8 Å². The molecule has 0 bridgehead atoms. The quantitative estimate of drug-likeness (QED) is 0.801. The summed E-state index contributed by atoms with van der Waals surface area (Å²) >= 11 is 1.47. The molecular formula is C14H20FNS. The molecule has 0 aromatic heterocycles. The summed E-state index contributed by atoms with van der Waals surface area (Å²) in [6.45, 7) is 3.27. The fourth-order valence-corrected chi connectivity index (χ4v) is 2.80. The molecule has 1 aliphatic carbocycles. The van der Waals surface area contributed by atoms with E-state index < -0.39 is 0 Å². The Morgan fingerprint density at radius 1 is 1.41 bits per heavy atom. The van der Waals surface area contributed by atoms with Crippen LogP contribution in [0.15, 0.2) is 23.1 Å². The third-order valence-electron chi connectivity index (χ3n) is 3.47. The number of hydrogen-bond donors (Lipinski definition) is 1. The second-order valence-electron chi connectivity index (χ2n) is 4.71. The van der Waals surface area contributed by atoms with Gasteiger partial charge in [0.2, 0.25) is 0 Å². The van der Waals surface area contributed by atoms with E-state index in [4.69, 9.17) is 0 Å². The highest BCUT2D eigenvalue weighted by molar-refractivity contribution is 7.98. The van der Waals surface area contributed by atoms with Crippen LogP contribution in [0.5, 0.6) is 0 Å². The van der Waals surface area contributed by atoms with Crippen LogP contribution in [0.25, 0.3) is 0 Å². The van der Waals surface area contributed by atoms with E-state index in [0.29, 0.717) is 12.0 Å². The summed E-state index contributed by atoms with van der Waals surface area (Å²) in [5, 5.41) is 3.51. The molecule has 0 radical (unpaired) electrons. The van der Waals surface area contributed by atoms with Gasteiger partial charge in [0.15, 0.2) is 0 Å². The van der Waals surface area contributed by atoms with E-state index >= 15 is 0 Å². The zero-order chi connectivity index (χ0) is 12.3. The van der Waals surface area contributed by atoms with Crippen molar-refractivity contribution < 1.29 is 4.39 Å². The normalized spacial score (nSPS) is 23.5. The molecule has 1 fully saturated rings. The first-order chi connectivity index (χ1) is 8.24. The van der Waals surface area contributed by atoms with Crippen molar-refractivity contribution >= 4 is 11.8 Å². The Kier molecular flexibility index (Phi) is 4.46. The predicted molar refractivity (Wildman–Crippen MR) is 72.2 cm³/mol. The third-order valence-corrected chi connectivity index (χ3v) is 4.24. The maximum absolute atomic E-state index is 13.6. The number of benzene rings is 1. The van der Waals surface area contributed by atoms with Gasteiger partial charge in [0, 0.05) is 10.9 Å². The molecule has 94 valence electrons. The summed E-state index contributed by atoms with van der Waals surface area (Å²) in [6, 6.07) is 6.34. The van der Waals surface area contributed by atoms with Gasteiger partial charge in [0.05, 0.1) is 0 Å². The highest BCUT2D eigenvalue weighted by Crippen LogP contribution is 2.37. The van der Waals surface area contributed by atoms with Crippen molar-refractivity contribution in [1.82, 2.24) is 5.32 Å². The van der Waals surface area contributed by atoms with Crippen LogP contribution in [0.3, 0.4) is 0 Å². The fraction of sp³-hybridized carbons (Fsp3) is 0.571. The third kappa shape index (κ3) is 3.02. The molecule has 0 amide bonds. The molecular weight excluding hydrogens is 233 g/mol. The topological polar surface area (TPSA) is 12.0 Å². The molecule has 0 aliphatic heterocycles. The Bertz CT molecular complexity index is 374. The minimum Gasteiger partial charge on any atom is -0.314 e. The molecule has 2 rings (SSSR count). The Morgan fingerprint density at radius 2 is 2.18 bits per heavy atom. The van der Waals surface area contributed by atoms with Crippen molar-refractivity contribution in [3.63, 3.8) is 0 Å². The highest BCUT2D eigenvalue weighted by atomic mass is 32.2. The SMILES string of the molecule is CCCNC1CC(c2ccc(SC)c(F)c2)C1. The Balaban J connectivity index is 1.90. The lowest BCUT2D eigenvalue weighted by Gasteiger charge is -2.36. The van der Waals surface area contributed by atoms with E-state index in [-0.39, 0.29) is 5.82 Å². The molecule has 17 heavy (non-hydrogen) atoms. The Labute approximate surface area is 107 Å². The van der Waals surface area contributed by atoms with Gasteiger partial charge in [-0.3, -0.25) is 0 Å². The molecule has 0 saturated heterocycles. The summed E-state index contributed by atoms with van der Waals surface area (Å²) in [4.78, 5) is 0.744. The Morgan fingerprint density at radius 3 is 2.76 bits per heavy atom. The van der Waals surface area contributed by atoms with Gasteiger partial charge >= 0.3 is 0 Å². The van der Waals surface area contributed by atoms with Crippen molar-refractivity contribution in [2.75, 3.05) is 12.8 Å². The number of nitrogens with one attached hydrogen (secondary N) is 1. The second kappa shape index (κ2) is 5.87. The standard InChI is InChI=1S/C14H20FNS/c1-3-6-16-12-7-11(8-12)10-4-5-14(17-2)13(15)9-10/h4-5,9,11-12,16H,3,6-8H2,1-2H3. The lowest BCUT2D eigenvalue weighted by Crippen LogP contribution is -2.40. The van der Waals surface area contributed by atoms with E-state index in [0.717, 1.165) is 29.8 Å². The van der Waals surface area contributed by atoms with E-state index in [1.54, 1.807) is 6.07 Å². The van der Waals surface area contributed by atoms with Crippen LogP contribution in [-0.2, 0) is 0 Å². The zero-order valence-corrected chi connectivity index (χ0v) is 11.3. The number of hydrogen-bond acceptors (Lipinski definition) is 2. The van der Waals surface area contributed by atoms with Crippen molar-refractivity contribution in [3.8, 4) is 0 Å². The van der Waals surface area contributed by atoms with Gasteiger partial charge in [0.25, 0.3) is 0 Å². The molecule has 0 atom stereocenters. The lowest BCUT2D eigenvalue weighted by molar-refractivity contribution is 0.291. The van der Waals surface area contributed by atoms with Crippen molar-refractivity contribution in [2.45, 2.75) is 43.0 Å². The van der Waals surface area contributed by atoms with Crippen LogP contribution in [-0.4, -0.2) is 18.8 Å². The van der Waals surface area contributed by atoms with Gasteiger partial charge in [-0.1, -0.05) is 13.0 Å². The summed E-state index contributed by atoms with van der Waals surface area (Å²) in [6.07, 6.45) is 5.39. The maximum Gasteiger partial charge on any atom is 0.137 e. The molecule has 1 aliphatic rings. The summed E-state index contributed by atoms with van der Waals surface area (Å²) in [5.74, 6) is 0.481. The molecule has 0 spiro atoms. The van der Waals surface area contributed by atoms with Gasteiger partial charge in [-0.25, -0.2) is 4.39 Å². The van der Waals surface area contributed by atoms with E-state index in [9.17, 15) is 4.39 Å². The number of rotatable bonds is 5. The monoisotopic (exact) mass is 253 g/mol. The molecule has 1 nitrogen and oxygen atoms in total. The second-order valence-corrected chi connectivity index (χ2v) is 5.56. The van der Waals surface area contributed by atoms with E-state index in [1.165, 1.54) is 18.2 Å². The van der Waals surface area contributed by atoms with E-state index in [2.05, 4.69) is 18.3 Å². The van der Waals surface area contributed by atoms with Crippen molar-refractivity contribution in [3.05, 3.63) is 29.6 Å². The first-order valence-electron chi connectivity index (χ1n) is 6.31. The molecule has 3 heteroatoms. The predicted octanol–water partition coefficient (Wildman–Crippen LogP) is 3.79. The van der Waals surface area contributed by atoms with Crippen molar-refractivity contribution in [1.29, 1.82) is 0 Å². The molecule has 1 N–H and O–H groups in total. The smallest absolute Gasteiger partial charge is 0.137 e. The van der Waals surface area contributed by atoms with Crippen LogP contribution in [0, 0.1) is 5.82 Å². The van der Waals surface area contributed by atoms with E-state index in [1.807, 2.05) is 12.3 Å². The Hall–Kier alpha value is -0.540. The minimum absolute atomic E-state index is 0.0695. The molecule has 0 heterocycles. The van der Waals surface area contributed by atoms with Gasteiger partial charge < -0.3 is 5.32 Å². The molecule has 0 unspecified atom stereocenters. The molecule has 1 aromatic carbocycles. The van der Waals surface area contributed by atoms with Gasteiger partial charge in [-0.2, -0.15) is 0 Å². The van der Waals surface area contributed by atoms with Crippen LogP contribution in [0.2, 0.25) is 0 Å². The highest BCUT2D eigenvalue weighted by Gasteiger charge is 2.29. The minimum atomic E-state index is -0.0695. The van der Waals surface area contributed by atoms with Crippen LogP contribution in [0.1, 0.15) is 37.7 Å². The van der Waals surface area contributed by atoms with Crippen LogP contribution < -0.4 is 5.32 Å². The first kappa shape index (κ1) is 12.9. The zero-order valence-electron chi connectivity index (χ0n) is 10.5. The number of thioether (sulfide) groups is 1. The summed E-state index contributed by atoms with van der Waals surface area (Å²) in [5.41, 5.74) is 1.16. The average molecular weight is 253 g/mol. The summed E-state index contributed by atoms with van der Waals surface area (Å²) in [7, 11) is 0. The molecule has 1 saturated carbocycles. The van der Waals surface area contributed by atoms with Gasteiger partial charge in [0.1, 0.15) is 5.82 Å². The molecule has 1 aromatic rings. The summed E-state index contributed by atoms with van der Waals surface area (Å²) < 4.78 is 13.6. The van der Waals surface area contributed by atoms with Crippen LogP contribution in [0.4, 0.5) is 4.39 Å². The first-order valence-corrected chi connectivity index (χ1v) is 7.54.